The van der Waals surface area contributed by atoms with Gasteiger partial charge in [0.15, 0.2) is 0 Å². The Balaban J connectivity index is 1.80. The molecule has 2 aromatic rings. The zero-order valence-corrected chi connectivity index (χ0v) is 20.1. The zero-order chi connectivity index (χ0) is 24.1. The lowest BCUT2D eigenvalue weighted by Gasteiger charge is -2.30. The quantitative estimate of drug-likeness (QED) is 0.351. The summed E-state index contributed by atoms with van der Waals surface area (Å²) in [6.07, 6.45) is 5.76. The Hall–Kier alpha value is -2.08. The van der Waals surface area contributed by atoms with E-state index in [2.05, 4.69) is 12.3 Å². The summed E-state index contributed by atoms with van der Waals surface area (Å²) < 4.78 is 42.8. The van der Waals surface area contributed by atoms with Gasteiger partial charge in [0.25, 0.3) is 0 Å². The van der Waals surface area contributed by atoms with Crippen molar-refractivity contribution in [1.82, 2.24) is 10.4 Å². The lowest BCUT2D eigenvalue weighted by molar-refractivity contribution is -0.191. The van der Waals surface area contributed by atoms with Crippen molar-refractivity contribution in [1.29, 1.82) is 0 Å². The molecule has 1 saturated heterocycles. The third kappa shape index (κ3) is 6.50. The number of halogens is 3. The van der Waals surface area contributed by atoms with E-state index in [0.717, 1.165) is 40.6 Å². The first-order chi connectivity index (χ1) is 15.6. The smallest absolute Gasteiger partial charge is 0.287 e. The number of hydrogen-bond donors (Lipinski definition) is 1. The molecule has 0 aliphatic carbocycles. The molecule has 6 heteroatoms. The molecule has 1 N–H and O–H groups in total. The molecule has 0 aromatic heterocycles. The second-order valence-electron chi connectivity index (χ2n) is 10.0. The van der Waals surface area contributed by atoms with Crippen LogP contribution in [0.25, 0.3) is 10.8 Å². The third-order valence-corrected chi connectivity index (χ3v) is 6.63. The van der Waals surface area contributed by atoms with Gasteiger partial charge in [-0.25, -0.2) is 5.01 Å². The van der Waals surface area contributed by atoms with Gasteiger partial charge in [-0.2, -0.15) is 13.2 Å². The van der Waals surface area contributed by atoms with E-state index >= 15 is 0 Å². The molecule has 1 atom stereocenters. The fourth-order valence-corrected chi connectivity index (χ4v) is 4.75. The molecule has 1 unspecified atom stereocenters. The highest BCUT2D eigenvalue weighted by molar-refractivity contribution is 5.87. The van der Waals surface area contributed by atoms with Crippen LogP contribution in [0, 0.1) is 5.41 Å². The number of nitrogens with one attached hydrogen (secondary N) is 1. The second-order valence-corrected chi connectivity index (χ2v) is 10.0. The number of benzene rings is 2. The molecule has 0 bridgehead atoms. The topological polar surface area (TPSA) is 32.3 Å². The molecule has 0 radical (unpaired) electrons. The predicted octanol–water partition coefficient (Wildman–Crippen LogP) is 7.50. The van der Waals surface area contributed by atoms with Gasteiger partial charge in [-0.3, -0.25) is 10.2 Å². The van der Waals surface area contributed by atoms with Crippen LogP contribution in [0.4, 0.5) is 13.2 Å². The van der Waals surface area contributed by atoms with Crippen LogP contribution in [-0.4, -0.2) is 23.6 Å². The molecule has 1 aliphatic rings. The summed E-state index contributed by atoms with van der Waals surface area (Å²) in [6.45, 7) is 5.56. The largest absolute Gasteiger partial charge is 0.409 e. The third-order valence-electron chi connectivity index (χ3n) is 6.63. The van der Waals surface area contributed by atoms with E-state index < -0.39 is 17.6 Å². The summed E-state index contributed by atoms with van der Waals surface area (Å²) in [5.41, 5.74) is 2.75. The van der Waals surface area contributed by atoms with E-state index in [1.54, 1.807) is 26.0 Å². The number of carbonyl (C=O) groups is 1. The van der Waals surface area contributed by atoms with Crippen molar-refractivity contribution in [2.75, 3.05) is 6.54 Å². The van der Waals surface area contributed by atoms with Crippen molar-refractivity contribution in [3.8, 4) is 0 Å². The van der Waals surface area contributed by atoms with Crippen LogP contribution in [-0.2, 0) is 11.2 Å². The number of rotatable bonds is 11. The van der Waals surface area contributed by atoms with Crippen LogP contribution in [0.15, 0.2) is 36.4 Å². The van der Waals surface area contributed by atoms with E-state index in [1.807, 2.05) is 24.3 Å². The number of fused-ring (bicyclic) bond motifs is 1. The number of amides is 1. The van der Waals surface area contributed by atoms with Gasteiger partial charge in [0.05, 0.1) is 5.41 Å². The van der Waals surface area contributed by atoms with E-state index in [-0.39, 0.29) is 18.0 Å². The molecule has 0 saturated carbocycles. The van der Waals surface area contributed by atoms with Gasteiger partial charge >= 0.3 is 6.18 Å². The molecule has 1 aliphatic heterocycles. The van der Waals surface area contributed by atoms with Crippen LogP contribution < -0.4 is 5.43 Å². The lowest BCUT2D eigenvalue weighted by Crippen LogP contribution is -2.43. The van der Waals surface area contributed by atoms with Gasteiger partial charge in [-0.15, -0.1) is 0 Å². The highest BCUT2D eigenvalue weighted by Crippen LogP contribution is 2.42. The second kappa shape index (κ2) is 10.9. The van der Waals surface area contributed by atoms with E-state index in [9.17, 15) is 18.0 Å². The van der Waals surface area contributed by atoms with Crippen LogP contribution in [0.3, 0.4) is 0 Å². The zero-order valence-electron chi connectivity index (χ0n) is 20.1. The lowest BCUT2D eigenvalue weighted by atomic mass is 9.92. The van der Waals surface area contributed by atoms with Gasteiger partial charge < -0.3 is 0 Å². The molecule has 3 nitrogen and oxygen atoms in total. The van der Waals surface area contributed by atoms with Crippen molar-refractivity contribution in [3.63, 3.8) is 0 Å². The van der Waals surface area contributed by atoms with E-state index in [4.69, 9.17) is 0 Å². The average molecular weight is 463 g/mol. The minimum atomic E-state index is -4.51. The molecule has 1 fully saturated rings. The molecule has 1 heterocycles. The number of carbonyl (C=O) groups excluding carboxylic acids is 1. The maximum atomic E-state index is 14.3. The first-order valence-corrected chi connectivity index (χ1v) is 12.3. The molecule has 1 amide bonds. The van der Waals surface area contributed by atoms with Crippen LogP contribution in [0.1, 0.15) is 89.3 Å². The first kappa shape index (κ1) is 25.5. The fourth-order valence-electron chi connectivity index (χ4n) is 4.75. The normalized spacial score (nSPS) is 17.5. The van der Waals surface area contributed by atoms with Crippen molar-refractivity contribution in [2.45, 2.75) is 90.8 Å². The Bertz CT molecular complexity index is 939. The summed E-state index contributed by atoms with van der Waals surface area (Å²) in [4.78, 5) is 12.2. The Kier molecular flexibility index (Phi) is 8.43. The van der Waals surface area contributed by atoms with Crippen molar-refractivity contribution < 1.29 is 18.0 Å². The summed E-state index contributed by atoms with van der Waals surface area (Å²) in [7, 11) is 0. The molecule has 3 rings (SSSR count). The molecular weight excluding hydrogens is 425 g/mol. The van der Waals surface area contributed by atoms with Gasteiger partial charge in [0.1, 0.15) is 6.04 Å². The Morgan fingerprint density at radius 3 is 2.24 bits per heavy atom. The van der Waals surface area contributed by atoms with E-state index in [1.165, 1.54) is 38.5 Å². The van der Waals surface area contributed by atoms with Gasteiger partial charge in [-0.05, 0) is 54.7 Å². The van der Waals surface area contributed by atoms with Crippen LogP contribution in [0.2, 0.25) is 0 Å². The highest BCUT2D eigenvalue weighted by Gasteiger charge is 2.51. The number of unbranched alkanes of at least 4 members (excludes halogenated alkanes) is 7. The molecule has 0 spiro atoms. The number of hydrazine groups is 1. The Labute approximate surface area is 195 Å². The molecule has 33 heavy (non-hydrogen) atoms. The van der Waals surface area contributed by atoms with Crippen molar-refractivity contribution in [2.24, 2.45) is 5.41 Å². The van der Waals surface area contributed by atoms with Gasteiger partial charge in [0.2, 0.25) is 5.91 Å². The van der Waals surface area contributed by atoms with Gasteiger partial charge in [0, 0.05) is 6.54 Å². The summed E-state index contributed by atoms with van der Waals surface area (Å²) >= 11 is 0. The fraction of sp³-hybridized carbons (Fsp3) is 0.593. The van der Waals surface area contributed by atoms with Crippen molar-refractivity contribution in [3.05, 3.63) is 47.5 Å². The SMILES string of the molecule is CCCCCCCCCCc1cc(C(N2CC(C)(C)C(=O)N2)C(F)(F)F)cc2ccccc12. The molecule has 182 valence electrons. The van der Waals surface area contributed by atoms with Crippen LogP contribution in [0.5, 0.6) is 0 Å². The monoisotopic (exact) mass is 462 g/mol. The summed E-state index contributed by atoms with van der Waals surface area (Å²) in [5, 5.41) is 2.88. The van der Waals surface area contributed by atoms with Crippen LogP contribution >= 0.6 is 0 Å². The maximum absolute atomic E-state index is 14.3. The van der Waals surface area contributed by atoms with Gasteiger partial charge in [-0.1, -0.05) is 82.2 Å². The highest BCUT2D eigenvalue weighted by atomic mass is 19.4. The number of hydrogen-bond acceptors (Lipinski definition) is 2. The van der Waals surface area contributed by atoms with Crippen molar-refractivity contribution >= 4 is 16.7 Å². The number of alkyl halides is 3. The van der Waals surface area contributed by atoms with E-state index in [0.29, 0.717) is 0 Å². The average Bonchev–Trinajstić information content (AvgIpc) is 3.00. The predicted molar refractivity (Wildman–Crippen MR) is 128 cm³/mol. The Morgan fingerprint density at radius 1 is 1.00 bits per heavy atom. The minimum Gasteiger partial charge on any atom is -0.287 e. The summed E-state index contributed by atoms with van der Waals surface area (Å²) in [5.74, 6) is -0.378. The first-order valence-electron chi connectivity index (χ1n) is 12.3. The minimum absolute atomic E-state index is 0.0101. The maximum Gasteiger partial charge on any atom is 0.409 e. The number of nitrogens with zero attached hydrogens (tertiary/aromatic N) is 1. The Morgan fingerprint density at radius 2 is 1.64 bits per heavy atom. The summed E-state index contributed by atoms with van der Waals surface area (Å²) in [6, 6.07) is 9.12. The molecular formula is C27H37F3N2O. The molecule has 2 aromatic carbocycles. The number of aryl methyl sites for hydroxylation is 1. The standard InChI is InChI=1S/C27H37F3N2O/c1-4-5-6-7-8-9-10-11-14-20-17-22(18-21-15-12-13-16-23(20)21)24(27(28,29)30)32-19-26(2,3)25(33)31-32/h12-13,15-18,24H,4-11,14,19H2,1-3H3,(H,31,33).